The largest absolute Gasteiger partial charge is 0.460 e. The maximum absolute atomic E-state index is 13.9. The SMILES string of the molecule is FC(F)(F)C(F)(F)P(N1CCOCC1)N1CCOCC1. The van der Waals surface area contributed by atoms with E-state index in [-0.39, 0.29) is 52.6 Å². The lowest BCUT2D eigenvalue weighted by atomic mass is 10.5. The minimum absolute atomic E-state index is 0.0920. The van der Waals surface area contributed by atoms with E-state index in [2.05, 4.69) is 0 Å². The molecule has 2 heterocycles. The van der Waals surface area contributed by atoms with Crippen molar-refractivity contribution in [3.63, 3.8) is 0 Å². The van der Waals surface area contributed by atoms with E-state index in [9.17, 15) is 22.0 Å². The standard InChI is InChI=1S/C10H16F5N2O2P/c11-9(12,13)10(14,15)20(16-1-5-18-6-2-16)17-3-7-19-8-4-17/h1-8H2. The Labute approximate surface area is 114 Å². The van der Waals surface area contributed by atoms with Gasteiger partial charge in [0.25, 0.3) is 0 Å². The number of nitrogens with zero attached hydrogens (tertiary/aromatic N) is 2. The summed E-state index contributed by atoms with van der Waals surface area (Å²) in [7, 11) is -2.78. The fourth-order valence-corrected chi connectivity index (χ4v) is 4.51. The molecule has 0 unspecified atom stereocenters. The monoisotopic (exact) mass is 322 g/mol. The summed E-state index contributed by atoms with van der Waals surface area (Å²) < 4.78 is 78.5. The predicted octanol–water partition coefficient (Wildman–Crippen LogP) is 2.12. The first kappa shape index (κ1) is 16.3. The molecule has 0 aromatic rings. The number of morpholine rings is 2. The predicted molar refractivity (Wildman–Crippen MR) is 62.7 cm³/mol. The van der Waals surface area contributed by atoms with Crippen LogP contribution in [0.3, 0.4) is 0 Å². The zero-order chi connectivity index (χ0) is 14.8. The molecule has 0 amide bonds. The van der Waals surface area contributed by atoms with E-state index in [4.69, 9.17) is 9.47 Å². The van der Waals surface area contributed by atoms with Gasteiger partial charge in [0.15, 0.2) is 0 Å². The quantitative estimate of drug-likeness (QED) is 0.587. The molecule has 0 atom stereocenters. The lowest BCUT2D eigenvalue weighted by Crippen LogP contribution is -2.50. The average Bonchev–Trinajstić information content (AvgIpc) is 2.40. The van der Waals surface area contributed by atoms with Gasteiger partial charge in [-0.25, -0.2) is 0 Å². The van der Waals surface area contributed by atoms with Gasteiger partial charge in [-0.3, -0.25) is 9.34 Å². The molecule has 118 valence electrons. The lowest BCUT2D eigenvalue weighted by Gasteiger charge is -2.45. The van der Waals surface area contributed by atoms with Gasteiger partial charge in [0.2, 0.25) is 0 Å². The molecule has 2 aliphatic heterocycles. The van der Waals surface area contributed by atoms with Crippen molar-refractivity contribution in [1.82, 2.24) is 9.34 Å². The molecule has 0 aliphatic carbocycles. The third kappa shape index (κ3) is 3.39. The van der Waals surface area contributed by atoms with Gasteiger partial charge in [-0.2, -0.15) is 22.0 Å². The molecule has 0 spiro atoms. The number of rotatable bonds is 3. The van der Waals surface area contributed by atoms with Crippen LogP contribution in [0.25, 0.3) is 0 Å². The molecular weight excluding hydrogens is 306 g/mol. The van der Waals surface area contributed by atoms with Gasteiger partial charge in [-0.1, -0.05) is 0 Å². The van der Waals surface area contributed by atoms with E-state index in [0.29, 0.717) is 0 Å². The van der Waals surface area contributed by atoms with Gasteiger partial charge >= 0.3 is 11.8 Å². The first-order valence-corrected chi connectivity index (χ1v) is 7.49. The Morgan fingerprint density at radius 2 is 1.05 bits per heavy atom. The van der Waals surface area contributed by atoms with Crippen molar-refractivity contribution < 1.29 is 31.4 Å². The third-order valence-electron chi connectivity index (χ3n) is 3.10. The first-order chi connectivity index (χ1) is 9.34. The highest BCUT2D eigenvalue weighted by atomic mass is 31.1. The minimum atomic E-state index is -5.55. The summed E-state index contributed by atoms with van der Waals surface area (Å²) in [4.78, 5) is 0. The van der Waals surface area contributed by atoms with Crippen LogP contribution < -0.4 is 0 Å². The van der Waals surface area contributed by atoms with Crippen LogP contribution in [-0.2, 0) is 9.47 Å². The van der Waals surface area contributed by atoms with Crippen LogP contribution in [0.4, 0.5) is 22.0 Å². The molecule has 0 saturated carbocycles. The number of hydrogen-bond acceptors (Lipinski definition) is 4. The van der Waals surface area contributed by atoms with Crippen molar-refractivity contribution in [3.05, 3.63) is 0 Å². The topological polar surface area (TPSA) is 24.9 Å². The Morgan fingerprint density at radius 1 is 0.700 bits per heavy atom. The molecule has 0 aromatic carbocycles. The van der Waals surface area contributed by atoms with Crippen molar-refractivity contribution in [1.29, 1.82) is 0 Å². The molecule has 2 saturated heterocycles. The molecule has 2 aliphatic rings. The van der Waals surface area contributed by atoms with Crippen LogP contribution in [0.15, 0.2) is 0 Å². The molecule has 10 heteroatoms. The first-order valence-electron chi connectivity index (χ1n) is 6.24. The molecule has 4 nitrogen and oxygen atoms in total. The molecule has 0 radical (unpaired) electrons. The summed E-state index contributed by atoms with van der Waals surface area (Å²) >= 11 is 0. The van der Waals surface area contributed by atoms with Crippen LogP contribution in [0, 0.1) is 0 Å². The van der Waals surface area contributed by atoms with Crippen LogP contribution in [0.5, 0.6) is 0 Å². The summed E-state index contributed by atoms with van der Waals surface area (Å²) in [6.07, 6.45) is -5.55. The molecule has 2 rings (SSSR count). The van der Waals surface area contributed by atoms with Crippen LogP contribution in [0.1, 0.15) is 0 Å². The summed E-state index contributed by atoms with van der Waals surface area (Å²) in [5.41, 5.74) is -4.73. The van der Waals surface area contributed by atoms with Gasteiger partial charge in [-0.05, 0) is 0 Å². The second-order valence-corrected chi connectivity index (χ2v) is 6.73. The smallest absolute Gasteiger partial charge is 0.379 e. The maximum atomic E-state index is 13.9. The summed E-state index contributed by atoms with van der Waals surface area (Å²) in [5, 5.41) is 0. The fourth-order valence-electron chi connectivity index (χ4n) is 2.13. The lowest BCUT2D eigenvalue weighted by molar-refractivity contribution is -0.244. The summed E-state index contributed by atoms with van der Waals surface area (Å²) in [5.74, 6) is 0. The van der Waals surface area contributed by atoms with Crippen LogP contribution in [-0.4, -0.2) is 73.8 Å². The molecule has 20 heavy (non-hydrogen) atoms. The van der Waals surface area contributed by atoms with Gasteiger partial charge in [0.1, 0.15) is 8.22 Å². The van der Waals surface area contributed by atoms with Crippen molar-refractivity contribution in [2.75, 3.05) is 52.6 Å². The highest BCUT2D eigenvalue weighted by molar-refractivity contribution is 7.54. The van der Waals surface area contributed by atoms with Crippen molar-refractivity contribution in [2.45, 2.75) is 11.8 Å². The number of halogens is 5. The van der Waals surface area contributed by atoms with Gasteiger partial charge in [0, 0.05) is 26.2 Å². The maximum Gasteiger partial charge on any atom is 0.460 e. The van der Waals surface area contributed by atoms with Crippen molar-refractivity contribution in [3.8, 4) is 0 Å². The van der Waals surface area contributed by atoms with E-state index in [1.165, 1.54) is 9.34 Å². The molecule has 0 N–H and O–H groups in total. The highest BCUT2D eigenvalue weighted by Gasteiger charge is 2.66. The van der Waals surface area contributed by atoms with E-state index in [1.54, 1.807) is 0 Å². The van der Waals surface area contributed by atoms with Crippen LogP contribution >= 0.6 is 8.22 Å². The second-order valence-electron chi connectivity index (χ2n) is 4.46. The molecule has 2 fully saturated rings. The van der Waals surface area contributed by atoms with Gasteiger partial charge in [-0.15, -0.1) is 0 Å². The second kappa shape index (κ2) is 6.36. The number of hydrogen-bond donors (Lipinski definition) is 0. The van der Waals surface area contributed by atoms with Gasteiger partial charge < -0.3 is 9.47 Å². The van der Waals surface area contributed by atoms with E-state index in [0.717, 1.165) is 0 Å². The Balaban J connectivity index is 2.22. The molecule has 0 aromatic heterocycles. The zero-order valence-electron chi connectivity index (χ0n) is 10.7. The number of ether oxygens (including phenoxy) is 2. The average molecular weight is 322 g/mol. The Morgan fingerprint density at radius 3 is 1.35 bits per heavy atom. The third-order valence-corrected chi connectivity index (χ3v) is 5.73. The van der Waals surface area contributed by atoms with E-state index >= 15 is 0 Å². The number of alkyl halides is 5. The van der Waals surface area contributed by atoms with Crippen molar-refractivity contribution >= 4 is 8.22 Å². The molecule has 0 bridgehead atoms. The summed E-state index contributed by atoms with van der Waals surface area (Å²) in [6.45, 7) is 1.08. The van der Waals surface area contributed by atoms with Crippen molar-refractivity contribution in [2.24, 2.45) is 0 Å². The fraction of sp³-hybridized carbons (Fsp3) is 1.00. The van der Waals surface area contributed by atoms with E-state index < -0.39 is 20.1 Å². The normalized spacial score (nSPS) is 24.3. The summed E-state index contributed by atoms with van der Waals surface area (Å²) in [6, 6.07) is 0. The van der Waals surface area contributed by atoms with E-state index in [1.807, 2.05) is 0 Å². The Bertz CT molecular complexity index is 301. The zero-order valence-corrected chi connectivity index (χ0v) is 11.6. The van der Waals surface area contributed by atoms with Gasteiger partial charge in [0.05, 0.1) is 26.4 Å². The van der Waals surface area contributed by atoms with Crippen LogP contribution in [0.2, 0.25) is 0 Å². The minimum Gasteiger partial charge on any atom is -0.379 e. The Hall–Kier alpha value is -0.0800. The Kier molecular flexibility index (Phi) is 5.18. The highest BCUT2D eigenvalue weighted by Crippen LogP contribution is 2.63. The molecular formula is C10H16F5N2O2P.